The maximum atomic E-state index is 2.25. The molecule has 0 heteroatoms. The van der Waals surface area contributed by atoms with Crippen molar-refractivity contribution in [3.05, 3.63) is 184 Å². The summed E-state index contributed by atoms with van der Waals surface area (Å²) in [5, 5.41) is 5.39. The van der Waals surface area contributed by atoms with Gasteiger partial charge in [0.05, 0.1) is 0 Å². The van der Waals surface area contributed by atoms with Gasteiger partial charge in [0.25, 0.3) is 0 Å². The molecule has 0 fully saturated rings. The second kappa shape index (κ2) is 12.9. The number of benzene rings is 6. The highest BCUT2D eigenvalue weighted by atomic mass is 14.2. The topological polar surface area (TPSA) is 0 Å². The van der Waals surface area contributed by atoms with Crippen LogP contribution in [0.3, 0.4) is 0 Å². The van der Waals surface area contributed by atoms with E-state index in [0.29, 0.717) is 0 Å². The standard InChI is InChI=1S/C13H10.C10H8.2C9H8/c1-3-7-12-10(5-1)9-11-6-2-4-8-13(11)12;1-2-6-10-8-4-3-7-9(10)5-1;2*1-2-5-9-7-3-6-8(9)4-1/h1-8H,9H2;1-8H;1-2,4-7H,3H2;1-6H,7H2. The molecule has 41 heavy (non-hydrogen) atoms. The molecule has 6 aromatic carbocycles. The van der Waals surface area contributed by atoms with Crippen LogP contribution in [0, 0.1) is 0 Å². The van der Waals surface area contributed by atoms with Gasteiger partial charge >= 0.3 is 0 Å². The number of rotatable bonds is 0. The molecule has 0 unspecified atom stereocenters. The normalized spacial score (nSPS) is 12.4. The van der Waals surface area contributed by atoms with Crippen molar-refractivity contribution >= 4 is 29.0 Å². The molecule has 0 radical (unpaired) electrons. The zero-order valence-corrected chi connectivity index (χ0v) is 23.3. The summed E-state index contributed by atoms with van der Waals surface area (Å²) in [5.74, 6) is 0. The van der Waals surface area contributed by atoms with E-state index in [2.05, 4.69) is 170 Å². The van der Waals surface area contributed by atoms with Crippen molar-refractivity contribution in [2.45, 2.75) is 19.3 Å². The van der Waals surface area contributed by atoms with Gasteiger partial charge < -0.3 is 0 Å². The van der Waals surface area contributed by atoms with Crippen molar-refractivity contribution in [2.24, 2.45) is 0 Å². The predicted molar refractivity (Wildman–Crippen MR) is 177 cm³/mol. The molecule has 6 aromatic rings. The lowest BCUT2D eigenvalue weighted by Gasteiger charge is -1.98. The number of allylic oxidation sites excluding steroid dienone is 1. The summed E-state index contributed by atoms with van der Waals surface area (Å²) in [6.07, 6.45) is 12.2. The molecule has 0 nitrogen and oxygen atoms in total. The van der Waals surface area contributed by atoms with E-state index in [0.717, 1.165) is 19.3 Å². The Balaban J connectivity index is 0.0000000996. The monoisotopic (exact) mass is 526 g/mol. The molecule has 0 aromatic heterocycles. The van der Waals surface area contributed by atoms with Gasteiger partial charge in [-0.2, -0.15) is 0 Å². The Bertz CT molecular complexity index is 1780. The van der Waals surface area contributed by atoms with Crippen molar-refractivity contribution < 1.29 is 0 Å². The largest absolute Gasteiger partial charge is 0.0795 e. The molecule has 0 saturated carbocycles. The van der Waals surface area contributed by atoms with Crippen molar-refractivity contribution in [1.29, 1.82) is 0 Å². The molecule has 0 bridgehead atoms. The van der Waals surface area contributed by atoms with E-state index in [1.54, 1.807) is 0 Å². The van der Waals surface area contributed by atoms with Crippen LogP contribution in [0.25, 0.3) is 40.1 Å². The highest BCUT2D eigenvalue weighted by molar-refractivity contribution is 5.82. The molecular weight excluding hydrogens is 492 g/mol. The highest BCUT2D eigenvalue weighted by Gasteiger charge is 2.15. The first-order valence-electron chi connectivity index (χ1n) is 14.4. The lowest BCUT2D eigenvalue weighted by molar-refractivity contribution is 1.26. The Labute approximate surface area is 243 Å². The molecule has 3 aliphatic rings. The molecule has 0 aliphatic heterocycles. The van der Waals surface area contributed by atoms with Crippen molar-refractivity contribution in [3.63, 3.8) is 0 Å². The fourth-order valence-corrected chi connectivity index (χ4v) is 5.60. The van der Waals surface area contributed by atoms with Gasteiger partial charge in [0, 0.05) is 0 Å². The SMILES string of the molecule is C1=Cc2ccccc2C1.C1=c2ccccc2=CC1.c1ccc2c(c1)Cc1ccccc1-2.c1ccc2ccccc2c1. The molecule has 9 rings (SSSR count). The van der Waals surface area contributed by atoms with E-state index in [-0.39, 0.29) is 0 Å². The van der Waals surface area contributed by atoms with Crippen LogP contribution in [0.5, 0.6) is 0 Å². The van der Waals surface area contributed by atoms with Crippen LogP contribution in [0.1, 0.15) is 28.7 Å². The Morgan fingerprint density at radius 3 is 1.37 bits per heavy atom. The first-order chi connectivity index (χ1) is 20.3. The number of hydrogen-bond donors (Lipinski definition) is 0. The maximum absolute atomic E-state index is 2.25. The van der Waals surface area contributed by atoms with Crippen LogP contribution in [0.15, 0.2) is 152 Å². The van der Waals surface area contributed by atoms with E-state index in [1.807, 2.05) is 0 Å². The molecule has 0 heterocycles. The van der Waals surface area contributed by atoms with Crippen LogP contribution >= 0.6 is 0 Å². The number of fused-ring (bicyclic) bond motifs is 6. The van der Waals surface area contributed by atoms with Crippen LogP contribution in [-0.4, -0.2) is 0 Å². The van der Waals surface area contributed by atoms with Gasteiger partial charge in [-0.05, 0) is 73.9 Å². The van der Waals surface area contributed by atoms with Gasteiger partial charge in [0.15, 0.2) is 0 Å². The lowest BCUT2D eigenvalue weighted by atomic mass is 10.1. The minimum absolute atomic E-state index is 1.10. The number of hydrogen-bond acceptors (Lipinski definition) is 0. The van der Waals surface area contributed by atoms with Gasteiger partial charge in [-0.3, -0.25) is 0 Å². The van der Waals surface area contributed by atoms with Gasteiger partial charge in [-0.1, -0.05) is 170 Å². The highest BCUT2D eigenvalue weighted by Crippen LogP contribution is 2.35. The van der Waals surface area contributed by atoms with Crippen LogP contribution in [-0.2, 0) is 12.8 Å². The second-order valence-electron chi connectivity index (χ2n) is 10.4. The molecule has 0 saturated heterocycles. The minimum Gasteiger partial charge on any atom is -0.0795 e. The fourth-order valence-electron chi connectivity index (χ4n) is 5.60. The Hall–Kier alpha value is -4.94. The van der Waals surface area contributed by atoms with Crippen LogP contribution in [0.4, 0.5) is 0 Å². The molecular formula is C41H34. The molecule has 3 aliphatic carbocycles. The molecule has 198 valence electrons. The first-order valence-corrected chi connectivity index (χ1v) is 14.4. The second-order valence-corrected chi connectivity index (χ2v) is 10.4. The van der Waals surface area contributed by atoms with Gasteiger partial charge in [-0.15, -0.1) is 0 Å². The summed E-state index contributed by atoms with van der Waals surface area (Å²) < 4.78 is 0. The van der Waals surface area contributed by atoms with Gasteiger partial charge in [0.1, 0.15) is 0 Å². The van der Waals surface area contributed by atoms with Gasteiger partial charge in [-0.25, -0.2) is 0 Å². The first kappa shape index (κ1) is 26.3. The van der Waals surface area contributed by atoms with E-state index >= 15 is 0 Å². The van der Waals surface area contributed by atoms with Crippen molar-refractivity contribution in [3.8, 4) is 11.1 Å². The molecule has 0 spiro atoms. The summed E-state index contributed by atoms with van der Waals surface area (Å²) in [6.45, 7) is 0. The minimum atomic E-state index is 1.10. The van der Waals surface area contributed by atoms with Gasteiger partial charge in [0.2, 0.25) is 0 Å². The summed E-state index contributed by atoms with van der Waals surface area (Å²) in [7, 11) is 0. The fraction of sp³-hybridized carbons (Fsp3) is 0.0732. The average Bonchev–Trinajstić information content (AvgIpc) is 3.80. The molecule has 0 atom stereocenters. The summed E-state index contributed by atoms with van der Waals surface area (Å²) in [4.78, 5) is 0. The quantitative estimate of drug-likeness (QED) is 0.185. The zero-order valence-electron chi connectivity index (χ0n) is 23.3. The van der Waals surface area contributed by atoms with E-state index < -0.39 is 0 Å². The van der Waals surface area contributed by atoms with E-state index in [1.165, 1.54) is 54.6 Å². The average molecular weight is 527 g/mol. The summed E-state index contributed by atoms with van der Waals surface area (Å²) >= 11 is 0. The smallest absolute Gasteiger partial charge is 0.00135 e. The van der Waals surface area contributed by atoms with Crippen molar-refractivity contribution in [1.82, 2.24) is 0 Å². The van der Waals surface area contributed by atoms with E-state index in [9.17, 15) is 0 Å². The Kier molecular flexibility index (Phi) is 8.30. The van der Waals surface area contributed by atoms with E-state index in [4.69, 9.17) is 0 Å². The third kappa shape index (κ3) is 6.45. The molecule has 0 N–H and O–H groups in total. The van der Waals surface area contributed by atoms with Crippen molar-refractivity contribution in [2.75, 3.05) is 0 Å². The lowest BCUT2D eigenvalue weighted by Crippen LogP contribution is -2.19. The Morgan fingerprint density at radius 1 is 0.390 bits per heavy atom. The summed E-state index contributed by atoms with van der Waals surface area (Å²) in [5.41, 5.74) is 8.60. The third-order valence-electron chi connectivity index (χ3n) is 7.73. The summed E-state index contributed by atoms with van der Waals surface area (Å²) in [6, 6.07) is 51.0. The van der Waals surface area contributed by atoms with Crippen LogP contribution < -0.4 is 10.4 Å². The maximum Gasteiger partial charge on any atom is -0.00135 e. The molecule has 0 amide bonds. The third-order valence-corrected chi connectivity index (χ3v) is 7.73. The predicted octanol–water partition coefficient (Wildman–Crippen LogP) is 9.00. The zero-order chi connectivity index (χ0) is 27.7. The Morgan fingerprint density at radius 2 is 0.829 bits per heavy atom. The van der Waals surface area contributed by atoms with Crippen LogP contribution in [0.2, 0.25) is 0 Å².